The summed E-state index contributed by atoms with van der Waals surface area (Å²) in [4.78, 5) is 0. The molecule has 1 fully saturated rings. The molecule has 13 heavy (non-hydrogen) atoms. The highest BCUT2D eigenvalue weighted by Crippen LogP contribution is 2.36. The van der Waals surface area contributed by atoms with Crippen LogP contribution in [0.25, 0.3) is 0 Å². The Hall–Kier alpha value is -0.860. The number of hydrogen-bond donors (Lipinski definition) is 1. The molecule has 1 heterocycles. The first-order chi connectivity index (χ1) is 6.23. The second kappa shape index (κ2) is 3.13. The molecule has 2 atom stereocenters. The summed E-state index contributed by atoms with van der Waals surface area (Å²) in [5, 5.41) is 9.68. The molecule has 1 aliphatic heterocycles. The second-order valence-electron chi connectivity index (χ2n) is 3.76. The standard InChI is InChI=1S/C11H14O2/c1-11(7-8-13-10(11)12)9-5-3-2-4-6-9/h2-6,10,12H,7-8H2,1H3/t10?,11-/m0/s1. The summed E-state index contributed by atoms with van der Waals surface area (Å²) >= 11 is 0. The largest absolute Gasteiger partial charge is 0.367 e. The molecular formula is C11H14O2. The lowest BCUT2D eigenvalue weighted by Gasteiger charge is -2.26. The molecule has 1 aromatic carbocycles. The normalized spacial score (nSPS) is 33.5. The molecular weight excluding hydrogens is 164 g/mol. The van der Waals surface area contributed by atoms with Crippen molar-refractivity contribution in [3.05, 3.63) is 35.9 Å². The van der Waals surface area contributed by atoms with E-state index in [1.165, 1.54) is 0 Å². The number of aliphatic hydroxyl groups is 1. The van der Waals surface area contributed by atoms with Crippen molar-refractivity contribution in [2.75, 3.05) is 6.61 Å². The summed E-state index contributed by atoms with van der Waals surface area (Å²) < 4.78 is 5.18. The van der Waals surface area contributed by atoms with Crippen LogP contribution in [0.15, 0.2) is 30.3 Å². The van der Waals surface area contributed by atoms with Crippen LogP contribution in [0.5, 0.6) is 0 Å². The Labute approximate surface area is 78.2 Å². The van der Waals surface area contributed by atoms with Gasteiger partial charge in [-0.05, 0) is 12.0 Å². The van der Waals surface area contributed by atoms with Crippen molar-refractivity contribution in [3.63, 3.8) is 0 Å². The van der Waals surface area contributed by atoms with Crippen molar-refractivity contribution >= 4 is 0 Å². The van der Waals surface area contributed by atoms with Gasteiger partial charge in [0.05, 0.1) is 6.61 Å². The Kier molecular flexibility index (Phi) is 2.10. The monoisotopic (exact) mass is 178 g/mol. The molecule has 0 aliphatic carbocycles. The molecule has 0 bridgehead atoms. The van der Waals surface area contributed by atoms with Crippen LogP contribution in [-0.4, -0.2) is 18.0 Å². The van der Waals surface area contributed by atoms with Crippen LogP contribution >= 0.6 is 0 Å². The average molecular weight is 178 g/mol. The van der Waals surface area contributed by atoms with Gasteiger partial charge in [-0.1, -0.05) is 37.3 Å². The highest BCUT2D eigenvalue weighted by Gasteiger charge is 2.40. The third-order valence-electron chi connectivity index (χ3n) is 2.88. The van der Waals surface area contributed by atoms with Crippen LogP contribution in [0.2, 0.25) is 0 Å². The third kappa shape index (κ3) is 1.36. The first-order valence-corrected chi connectivity index (χ1v) is 4.59. The van der Waals surface area contributed by atoms with E-state index in [1.807, 2.05) is 37.3 Å². The molecule has 2 rings (SSSR count). The van der Waals surface area contributed by atoms with Crippen molar-refractivity contribution in [2.24, 2.45) is 0 Å². The first kappa shape index (κ1) is 8.73. The van der Waals surface area contributed by atoms with Gasteiger partial charge in [0.1, 0.15) is 0 Å². The minimum absolute atomic E-state index is 0.221. The molecule has 1 N–H and O–H groups in total. The third-order valence-corrected chi connectivity index (χ3v) is 2.88. The lowest BCUT2D eigenvalue weighted by Crippen LogP contribution is -2.31. The zero-order chi connectivity index (χ0) is 9.31. The lowest BCUT2D eigenvalue weighted by atomic mass is 9.81. The zero-order valence-electron chi connectivity index (χ0n) is 7.73. The predicted octanol–water partition coefficient (Wildman–Crippen LogP) is 1.68. The van der Waals surface area contributed by atoms with Crippen LogP contribution in [0.1, 0.15) is 18.9 Å². The molecule has 0 amide bonds. The summed E-state index contributed by atoms with van der Waals surface area (Å²) in [6.45, 7) is 2.69. The molecule has 0 aromatic heterocycles. The van der Waals surface area contributed by atoms with E-state index in [1.54, 1.807) is 0 Å². The van der Waals surface area contributed by atoms with Crippen molar-refractivity contribution in [3.8, 4) is 0 Å². The summed E-state index contributed by atoms with van der Waals surface area (Å²) in [7, 11) is 0. The Morgan fingerprint density at radius 1 is 1.38 bits per heavy atom. The SMILES string of the molecule is C[C@@]1(c2ccccc2)CCOC1O. The van der Waals surface area contributed by atoms with Crippen molar-refractivity contribution < 1.29 is 9.84 Å². The number of aliphatic hydroxyl groups excluding tert-OH is 1. The van der Waals surface area contributed by atoms with E-state index in [9.17, 15) is 5.11 Å². The minimum atomic E-state index is -0.658. The smallest absolute Gasteiger partial charge is 0.164 e. The van der Waals surface area contributed by atoms with E-state index in [-0.39, 0.29) is 5.41 Å². The Balaban J connectivity index is 2.34. The van der Waals surface area contributed by atoms with Gasteiger partial charge in [0.2, 0.25) is 0 Å². The van der Waals surface area contributed by atoms with Gasteiger partial charge in [-0.25, -0.2) is 0 Å². The van der Waals surface area contributed by atoms with Crippen LogP contribution in [-0.2, 0) is 10.2 Å². The quantitative estimate of drug-likeness (QED) is 0.709. The second-order valence-corrected chi connectivity index (χ2v) is 3.76. The molecule has 1 aromatic rings. The highest BCUT2D eigenvalue weighted by atomic mass is 16.6. The number of benzene rings is 1. The molecule has 1 aliphatic rings. The Morgan fingerprint density at radius 2 is 2.08 bits per heavy atom. The van der Waals surface area contributed by atoms with Gasteiger partial charge in [0.15, 0.2) is 6.29 Å². The molecule has 0 radical (unpaired) electrons. The molecule has 0 spiro atoms. The fraction of sp³-hybridized carbons (Fsp3) is 0.455. The zero-order valence-corrected chi connectivity index (χ0v) is 7.73. The van der Waals surface area contributed by atoms with Gasteiger partial charge < -0.3 is 9.84 Å². The molecule has 2 nitrogen and oxygen atoms in total. The number of rotatable bonds is 1. The molecule has 2 heteroatoms. The summed E-state index contributed by atoms with van der Waals surface area (Å²) in [5.74, 6) is 0. The summed E-state index contributed by atoms with van der Waals surface area (Å²) in [6, 6.07) is 10.0. The van der Waals surface area contributed by atoms with E-state index in [0.29, 0.717) is 6.61 Å². The van der Waals surface area contributed by atoms with E-state index in [4.69, 9.17) is 4.74 Å². The molecule has 0 saturated carbocycles. The fourth-order valence-electron chi connectivity index (χ4n) is 1.80. The van der Waals surface area contributed by atoms with E-state index in [0.717, 1.165) is 12.0 Å². The van der Waals surface area contributed by atoms with E-state index >= 15 is 0 Å². The average Bonchev–Trinajstić information content (AvgIpc) is 2.50. The van der Waals surface area contributed by atoms with Crippen molar-refractivity contribution in [2.45, 2.75) is 25.0 Å². The summed E-state index contributed by atoms with van der Waals surface area (Å²) in [6.07, 6.45) is 0.230. The first-order valence-electron chi connectivity index (χ1n) is 4.59. The minimum Gasteiger partial charge on any atom is -0.367 e. The van der Waals surface area contributed by atoms with Crippen molar-refractivity contribution in [1.82, 2.24) is 0 Å². The van der Waals surface area contributed by atoms with Crippen LogP contribution in [0.3, 0.4) is 0 Å². The van der Waals surface area contributed by atoms with Crippen molar-refractivity contribution in [1.29, 1.82) is 0 Å². The van der Waals surface area contributed by atoms with E-state index in [2.05, 4.69) is 0 Å². The van der Waals surface area contributed by atoms with Crippen LogP contribution in [0, 0.1) is 0 Å². The number of hydrogen-bond acceptors (Lipinski definition) is 2. The van der Waals surface area contributed by atoms with Gasteiger partial charge in [0, 0.05) is 5.41 Å². The predicted molar refractivity (Wildman–Crippen MR) is 50.4 cm³/mol. The maximum Gasteiger partial charge on any atom is 0.164 e. The Morgan fingerprint density at radius 3 is 2.62 bits per heavy atom. The lowest BCUT2D eigenvalue weighted by molar-refractivity contribution is -0.0892. The molecule has 70 valence electrons. The topological polar surface area (TPSA) is 29.5 Å². The van der Waals surface area contributed by atoms with Gasteiger partial charge >= 0.3 is 0 Å². The van der Waals surface area contributed by atoms with Crippen LogP contribution in [0.4, 0.5) is 0 Å². The van der Waals surface area contributed by atoms with Gasteiger partial charge in [-0.15, -0.1) is 0 Å². The van der Waals surface area contributed by atoms with E-state index < -0.39 is 6.29 Å². The van der Waals surface area contributed by atoms with Gasteiger partial charge in [0.25, 0.3) is 0 Å². The molecule has 1 saturated heterocycles. The maximum absolute atomic E-state index is 9.68. The maximum atomic E-state index is 9.68. The van der Waals surface area contributed by atoms with Gasteiger partial charge in [-0.3, -0.25) is 0 Å². The number of ether oxygens (including phenoxy) is 1. The highest BCUT2D eigenvalue weighted by molar-refractivity contribution is 5.26. The molecule has 1 unspecified atom stereocenters. The summed E-state index contributed by atoms with van der Waals surface area (Å²) in [5.41, 5.74) is 0.932. The van der Waals surface area contributed by atoms with Crippen LogP contribution < -0.4 is 0 Å². The van der Waals surface area contributed by atoms with Gasteiger partial charge in [-0.2, -0.15) is 0 Å². The fourth-order valence-corrected chi connectivity index (χ4v) is 1.80. The Bertz CT molecular complexity index is 283.